The molecule has 1 aliphatic carbocycles. The summed E-state index contributed by atoms with van der Waals surface area (Å²) in [6.45, 7) is 2.36. The molecule has 2 saturated heterocycles. The van der Waals surface area contributed by atoms with Crippen molar-refractivity contribution >= 4 is 22.9 Å². The summed E-state index contributed by atoms with van der Waals surface area (Å²) in [5, 5.41) is 27.6. The Morgan fingerprint density at radius 1 is 0.611 bits per heavy atom. The van der Waals surface area contributed by atoms with Crippen molar-refractivity contribution in [2.75, 3.05) is 63.1 Å². The van der Waals surface area contributed by atoms with Gasteiger partial charge in [0.15, 0.2) is 0 Å². The molecular formula is C38H34F6N4O6. The topological polar surface area (TPSA) is 124 Å². The molecule has 0 saturated carbocycles. The fraction of sp³-hybridized carbons (Fsp3) is 0.316. The Labute approximate surface area is 304 Å². The van der Waals surface area contributed by atoms with Crippen LogP contribution in [0.1, 0.15) is 66.6 Å². The molecule has 0 amide bonds. The van der Waals surface area contributed by atoms with Gasteiger partial charge in [-0.1, -0.05) is 24.3 Å². The minimum atomic E-state index is -4.52. The number of fused-ring (bicyclic) bond motifs is 2. The summed E-state index contributed by atoms with van der Waals surface area (Å²) in [4.78, 5) is 31.7. The van der Waals surface area contributed by atoms with Crippen LogP contribution < -0.4 is 10.6 Å². The monoisotopic (exact) mass is 756 g/mol. The molecule has 2 heterocycles. The van der Waals surface area contributed by atoms with Gasteiger partial charge in [-0.05, 0) is 59.7 Å². The van der Waals surface area contributed by atoms with E-state index in [-0.39, 0.29) is 73.0 Å². The zero-order valence-corrected chi connectivity index (χ0v) is 28.4. The normalized spacial score (nSPS) is 19.2. The van der Waals surface area contributed by atoms with Crippen molar-refractivity contribution in [2.45, 2.75) is 24.8 Å². The number of anilines is 2. The van der Waals surface area contributed by atoms with E-state index in [1.165, 1.54) is 12.1 Å². The van der Waals surface area contributed by atoms with E-state index in [1.54, 1.807) is 24.3 Å². The Balaban J connectivity index is 1.11. The maximum Gasteiger partial charge on any atom is 0.416 e. The van der Waals surface area contributed by atoms with Gasteiger partial charge in [0, 0.05) is 50.6 Å². The van der Waals surface area contributed by atoms with Gasteiger partial charge in [-0.2, -0.15) is 26.3 Å². The quantitative estimate of drug-likeness (QED) is 0.0895. The average molecular weight is 757 g/mol. The predicted molar refractivity (Wildman–Crippen MR) is 183 cm³/mol. The number of phenolic OH excluding ortho intramolecular Hbond substituents is 2. The fourth-order valence-electron chi connectivity index (χ4n) is 7.15. The number of carbonyl (C=O) groups excluding carboxylic acids is 2. The zero-order valence-electron chi connectivity index (χ0n) is 28.4. The third kappa shape index (κ3) is 7.21. The highest BCUT2D eigenvalue weighted by atomic mass is 19.4. The molecule has 2 atom stereocenters. The molecule has 2 aliphatic heterocycles. The molecule has 4 N–H and O–H groups in total. The number of nitrogens with zero attached hydrogens (tertiary/aromatic N) is 2. The van der Waals surface area contributed by atoms with Gasteiger partial charge < -0.3 is 30.3 Å². The van der Waals surface area contributed by atoms with Crippen molar-refractivity contribution in [3.05, 3.63) is 117 Å². The third-order valence-electron chi connectivity index (χ3n) is 9.67. The number of alkyl halides is 6. The number of benzene rings is 4. The van der Waals surface area contributed by atoms with Crippen LogP contribution in [0.4, 0.5) is 37.7 Å². The first-order valence-corrected chi connectivity index (χ1v) is 17.1. The lowest BCUT2D eigenvalue weighted by Crippen LogP contribution is -2.31. The van der Waals surface area contributed by atoms with Gasteiger partial charge in [0.05, 0.1) is 46.6 Å². The van der Waals surface area contributed by atoms with Crippen LogP contribution in [0.2, 0.25) is 0 Å². The number of hydrogen-bond donors (Lipinski definition) is 4. The highest BCUT2D eigenvalue weighted by Gasteiger charge is 2.39. The van der Waals surface area contributed by atoms with Crippen LogP contribution in [-0.2, 0) is 21.8 Å². The molecule has 54 heavy (non-hydrogen) atoms. The number of hydrogen-bond acceptors (Lipinski definition) is 10. The Morgan fingerprint density at radius 2 is 1.02 bits per heavy atom. The highest BCUT2D eigenvalue weighted by Crippen LogP contribution is 2.43. The Morgan fingerprint density at radius 3 is 1.41 bits per heavy atom. The smallest absolute Gasteiger partial charge is 0.416 e. The molecule has 10 nitrogen and oxygen atoms in total. The molecule has 0 spiro atoms. The van der Waals surface area contributed by atoms with Crippen molar-refractivity contribution in [1.82, 2.24) is 9.80 Å². The molecule has 2 unspecified atom stereocenters. The number of carbonyl (C=O) groups is 2. The van der Waals surface area contributed by atoms with E-state index in [1.807, 2.05) is 9.80 Å². The highest BCUT2D eigenvalue weighted by molar-refractivity contribution is 6.33. The molecule has 4 aromatic rings. The number of phenols is 2. The first kappa shape index (κ1) is 37.2. The summed E-state index contributed by atoms with van der Waals surface area (Å²) in [5.74, 6) is -2.43. The van der Waals surface area contributed by atoms with Crippen molar-refractivity contribution in [2.24, 2.45) is 0 Å². The molecule has 4 aromatic carbocycles. The molecule has 0 bridgehead atoms. The summed E-state index contributed by atoms with van der Waals surface area (Å²) >= 11 is 0. The standard InChI is InChI=1S/C38H34F6N4O6/c39-37(40,41)23-5-1-3-21(19-23)35-47(15-17-53-35)13-11-45-25-7-8-26(30-29(25)33(51)31-27(49)9-10-28(50)32(31)34(30)52)46-12-14-48-16-18-54-36(48)22-4-2-6-24(20-22)38(42,43)44/h1-10,19-20,35-36,45-46,49-50H,11-18H2. The first-order valence-electron chi connectivity index (χ1n) is 17.1. The van der Waals surface area contributed by atoms with E-state index in [0.717, 1.165) is 36.4 Å². The second-order valence-corrected chi connectivity index (χ2v) is 13.0. The third-order valence-corrected chi connectivity index (χ3v) is 9.67. The van der Waals surface area contributed by atoms with Crippen molar-refractivity contribution < 1.29 is 55.6 Å². The molecule has 3 aliphatic rings. The van der Waals surface area contributed by atoms with E-state index in [2.05, 4.69) is 10.6 Å². The van der Waals surface area contributed by atoms with Crippen molar-refractivity contribution in [3.63, 3.8) is 0 Å². The van der Waals surface area contributed by atoms with E-state index >= 15 is 0 Å². The number of ether oxygens (including phenoxy) is 2. The fourth-order valence-corrected chi connectivity index (χ4v) is 7.15. The van der Waals surface area contributed by atoms with Crippen LogP contribution in [0.15, 0.2) is 72.8 Å². The van der Waals surface area contributed by atoms with Gasteiger partial charge in [-0.3, -0.25) is 19.4 Å². The lowest BCUT2D eigenvalue weighted by Gasteiger charge is -2.27. The van der Waals surface area contributed by atoms with Gasteiger partial charge in [-0.15, -0.1) is 0 Å². The summed E-state index contributed by atoms with van der Waals surface area (Å²) in [6.07, 6.45) is -10.5. The minimum Gasteiger partial charge on any atom is -0.507 e. The second-order valence-electron chi connectivity index (χ2n) is 13.0. The van der Waals surface area contributed by atoms with Crippen LogP contribution in [0.5, 0.6) is 11.5 Å². The molecule has 0 aromatic heterocycles. The summed E-state index contributed by atoms with van der Waals surface area (Å²) in [6, 6.07) is 15.2. The van der Waals surface area contributed by atoms with Crippen LogP contribution in [0.3, 0.4) is 0 Å². The van der Waals surface area contributed by atoms with Gasteiger partial charge in [0.2, 0.25) is 11.6 Å². The van der Waals surface area contributed by atoms with Crippen molar-refractivity contribution in [1.29, 1.82) is 0 Å². The lowest BCUT2D eigenvalue weighted by molar-refractivity contribution is -0.138. The number of rotatable bonds is 10. The number of halogens is 6. The second kappa shape index (κ2) is 14.6. The maximum absolute atomic E-state index is 14.0. The van der Waals surface area contributed by atoms with E-state index in [0.29, 0.717) is 24.2 Å². The molecular weight excluding hydrogens is 722 g/mol. The minimum absolute atomic E-state index is 0.0585. The van der Waals surface area contributed by atoms with Crippen molar-refractivity contribution in [3.8, 4) is 11.5 Å². The summed E-state index contributed by atoms with van der Waals surface area (Å²) in [5.41, 5.74) is -1.26. The summed E-state index contributed by atoms with van der Waals surface area (Å²) < 4.78 is 91.8. The lowest BCUT2D eigenvalue weighted by atomic mass is 9.81. The van der Waals surface area contributed by atoms with Gasteiger partial charge in [0.1, 0.15) is 24.0 Å². The Bertz CT molecular complexity index is 1950. The summed E-state index contributed by atoms with van der Waals surface area (Å²) in [7, 11) is 0. The molecule has 0 radical (unpaired) electrons. The molecule has 16 heteroatoms. The van der Waals surface area contributed by atoms with Gasteiger partial charge >= 0.3 is 12.4 Å². The maximum atomic E-state index is 14.0. The van der Waals surface area contributed by atoms with E-state index in [9.17, 15) is 46.1 Å². The first-order chi connectivity index (χ1) is 25.7. The largest absolute Gasteiger partial charge is 0.507 e. The average Bonchev–Trinajstić information content (AvgIpc) is 3.81. The predicted octanol–water partition coefficient (Wildman–Crippen LogP) is 6.80. The van der Waals surface area contributed by atoms with Gasteiger partial charge in [-0.25, -0.2) is 0 Å². The molecule has 2 fully saturated rings. The van der Waals surface area contributed by atoms with Gasteiger partial charge in [0.25, 0.3) is 0 Å². The van der Waals surface area contributed by atoms with Crippen LogP contribution >= 0.6 is 0 Å². The number of nitrogens with one attached hydrogen (secondary N) is 2. The zero-order chi connectivity index (χ0) is 38.4. The van der Waals surface area contributed by atoms with E-state index in [4.69, 9.17) is 9.47 Å². The van der Waals surface area contributed by atoms with E-state index < -0.39 is 59.0 Å². The SMILES string of the molecule is O=C1c2c(O)ccc(O)c2C(=O)c2c(NCCN3CCOC3c3cccc(C(F)(F)F)c3)ccc(NCCN3CCOC3c3cccc(C(F)(F)F)c3)c21. The molecule has 284 valence electrons. The molecule has 7 rings (SSSR count). The Kier molecular flexibility index (Phi) is 10.0. The Hall–Kier alpha value is -5.16. The van der Waals surface area contributed by atoms with Crippen LogP contribution in [-0.4, -0.2) is 84.1 Å². The van der Waals surface area contributed by atoms with Crippen LogP contribution in [0.25, 0.3) is 0 Å². The number of aromatic hydroxyl groups is 2. The van der Waals surface area contributed by atoms with Crippen LogP contribution in [0, 0.1) is 0 Å². The number of ketones is 2.